The molecule has 1 aromatic carbocycles. The zero-order valence-corrected chi connectivity index (χ0v) is 9.27. The number of aryl methyl sites for hydroxylation is 1. The highest BCUT2D eigenvalue weighted by Crippen LogP contribution is 2.30. The summed E-state index contributed by atoms with van der Waals surface area (Å²) < 4.78 is 19.1. The van der Waals surface area contributed by atoms with Gasteiger partial charge < -0.3 is 10.1 Å². The molecule has 1 atom stereocenters. The smallest absolute Gasteiger partial charge is 0.145 e. The topological polar surface area (TPSA) is 21.3 Å². The first-order valence-corrected chi connectivity index (χ1v) is 5.35. The van der Waals surface area contributed by atoms with E-state index in [9.17, 15) is 4.39 Å². The number of halogens is 2. The molecule has 0 spiro atoms. The van der Waals surface area contributed by atoms with Gasteiger partial charge in [0, 0.05) is 18.7 Å². The molecule has 1 saturated heterocycles. The molecule has 4 heteroatoms. The van der Waals surface area contributed by atoms with Crippen LogP contribution in [0.5, 0.6) is 0 Å². The molecule has 0 aliphatic carbocycles. The number of morpholine rings is 1. The molecule has 1 aromatic rings. The van der Waals surface area contributed by atoms with Crippen LogP contribution in [-0.4, -0.2) is 19.7 Å². The Kier molecular flexibility index (Phi) is 3.24. The van der Waals surface area contributed by atoms with Crippen molar-refractivity contribution in [1.82, 2.24) is 5.32 Å². The summed E-state index contributed by atoms with van der Waals surface area (Å²) in [5.41, 5.74) is 1.29. The Morgan fingerprint density at radius 3 is 3.00 bits per heavy atom. The summed E-state index contributed by atoms with van der Waals surface area (Å²) in [6, 6.07) is 3.56. The predicted octanol–water partition coefficient (Wildman–Crippen LogP) is 2.45. The summed E-state index contributed by atoms with van der Waals surface area (Å²) >= 11 is 5.95. The second-order valence-corrected chi connectivity index (χ2v) is 4.04. The van der Waals surface area contributed by atoms with E-state index in [0.717, 1.165) is 12.1 Å². The fourth-order valence-electron chi connectivity index (χ4n) is 1.67. The standard InChI is InChI=1S/C11H13ClFNO/c1-7-2-3-8(10(12)11(7)13)9-6-14-4-5-15-9/h2-3,9,14H,4-6H2,1H3. The van der Waals surface area contributed by atoms with Crippen LogP contribution in [0.25, 0.3) is 0 Å². The van der Waals surface area contributed by atoms with E-state index in [0.29, 0.717) is 18.7 Å². The van der Waals surface area contributed by atoms with E-state index < -0.39 is 0 Å². The Labute approximate surface area is 93.4 Å². The van der Waals surface area contributed by atoms with Crippen molar-refractivity contribution in [1.29, 1.82) is 0 Å². The normalized spacial score (nSPS) is 21.7. The monoisotopic (exact) mass is 229 g/mol. The van der Waals surface area contributed by atoms with Gasteiger partial charge in [0.1, 0.15) is 5.82 Å². The predicted molar refractivity (Wildman–Crippen MR) is 57.7 cm³/mol. The van der Waals surface area contributed by atoms with Gasteiger partial charge in [-0.25, -0.2) is 4.39 Å². The van der Waals surface area contributed by atoms with E-state index in [-0.39, 0.29) is 16.9 Å². The third-order valence-electron chi connectivity index (χ3n) is 2.58. The molecule has 0 saturated carbocycles. The van der Waals surface area contributed by atoms with Gasteiger partial charge in [0.15, 0.2) is 0 Å². The van der Waals surface area contributed by atoms with Gasteiger partial charge in [0.25, 0.3) is 0 Å². The molecular formula is C11H13ClFNO. The lowest BCUT2D eigenvalue weighted by atomic mass is 10.1. The van der Waals surface area contributed by atoms with Crippen LogP contribution in [-0.2, 0) is 4.74 Å². The number of hydrogen-bond donors (Lipinski definition) is 1. The van der Waals surface area contributed by atoms with Crippen LogP contribution in [0.4, 0.5) is 4.39 Å². The van der Waals surface area contributed by atoms with Gasteiger partial charge in [-0.05, 0) is 12.5 Å². The number of ether oxygens (including phenoxy) is 1. The molecule has 1 unspecified atom stereocenters. The molecular weight excluding hydrogens is 217 g/mol. The Morgan fingerprint density at radius 2 is 2.33 bits per heavy atom. The summed E-state index contributed by atoms with van der Waals surface area (Å²) in [4.78, 5) is 0. The maximum atomic E-state index is 13.5. The quantitative estimate of drug-likeness (QED) is 0.799. The highest BCUT2D eigenvalue weighted by atomic mass is 35.5. The molecule has 0 aromatic heterocycles. The maximum absolute atomic E-state index is 13.5. The molecule has 1 fully saturated rings. The average molecular weight is 230 g/mol. The second kappa shape index (κ2) is 4.47. The van der Waals surface area contributed by atoms with E-state index in [4.69, 9.17) is 16.3 Å². The van der Waals surface area contributed by atoms with Crippen LogP contribution in [0, 0.1) is 12.7 Å². The Morgan fingerprint density at radius 1 is 1.53 bits per heavy atom. The van der Waals surface area contributed by atoms with E-state index in [1.54, 1.807) is 13.0 Å². The third-order valence-corrected chi connectivity index (χ3v) is 2.96. The molecule has 0 radical (unpaired) electrons. The third kappa shape index (κ3) is 2.14. The SMILES string of the molecule is Cc1ccc(C2CNCCO2)c(Cl)c1F. The van der Waals surface area contributed by atoms with Gasteiger partial charge >= 0.3 is 0 Å². The van der Waals surface area contributed by atoms with Crippen LogP contribution in [0.1, 0.15) is 17.2 Å². The highest BCUT2D eigenvalue weighted by molar-refractivity contribution is 6.31. The van der Waals surface area contributed by atoms with Crippen molar-refractivity contribution in [3.63, 3.8) is 0 Å². The molecule has 2 nitrogen and oxygen atoms in total. The molecule has 0 bridgehead atoms. The fourth-order valence-corrected chi connectivity index (χ4v) is 2.01. The summed E-state index contributed by atoms with van der Waals surface area (Å²) in [6.45, 7) is 3.85. The molecule has 1 heterocycles. The lowest BCUT2D eigenvalue weighted by Gasteiger charge is -2.25. The minimum atomic E-state index is -0.344. The zero-order chi connectivity index (χ0) is 10.8. The van der Waals surface area contributed by atoms with Gasteiger partial charge in [-0.2, -0.15) is 0 Å². The Balaban J connectivity index is 2.31. The van der Waals surface area contributed by atoms with Crippen molar-refractivity contribution in [2.75, 3.05) is 19.7 Å². The van der Waals surface area contributed by atoms with Gasteiger partial charge in [-0.1, -0.05) is 23.7 Å². The van der Waals surface area contributed by atoms with Crippen molar-refractivity contribution >= 4 is 11.6 Å². The molecule has 15 heavy (non-hydrogen) atoms. The average Bonchev–Trinajstić information content (AvgIpc) is 2.27. The van der Waals surface area contributed by atoms with Crippen LogP contribution < -0.4 is 5.32 Å². The van der Waals surface area contributed by atoms with E-state index in [1.807, 2.05) is 6.07 Å². The molecule has 1 aliphatic heterocycles. The van der Waals surface area contributed by atoms with Crippen LogP contribution in [0.15, 0.2) is 12.1 Å². The lowest BCUT2D eigenvalue weighted by molar-refractivity contribution is 0.0276. The molecule has 1 N–H and O–H groups in total. The van der Waals surface area contributed by atoms with Gasteiger partial charge in [-0.3, -0.25) is 0 Å². The first kappa shape index (κ1) is 10.9. The maximum Gasteiger partial charge on any atom is 0.145 e. The summed E-state index contributed by atoms with van der Waals surface area (Å²) in [7, 11) is 0. The molecule has 0 amide bonds. The molecule has 2 rings (SSSR count). The minimum absolute atomic E-state index is 0.138. The zero-order valence-electron chi connectivity index (χ0n) is 8.52. The van der Waals surface area contributed by atoms with Crippen molar-refractivity contribution in [2.24, 2.45) is 0 Å². The lowest BCUT2D eigenvalue weighted by Crippen LogP contribution is -2.33. The molecule has 82 valence electrons. The fraction of sp³-hybridized carbons (Fsp3) is 0.455. The van der Waals surface area contributed by atoms with Crippen molar-refractivity contribution in [3.8, 4) is 0 Å². The van der Waals surface area contributed by atoms with Gasteiger partial charge in [0.2, 0.25) is 0 Å². The van der Waals surface area contributed by atoms with E-state index in [2.05, 4.69) is 5.32 Å². The summed E-state index contributed by atoms with van der Waals surface area (Å²) in [5, 5.41) is 3.37. The first-order valence-electron chi connectivity index (χ1n) is 4.97. The number of nitrogens with one attached hydrogen (secondary N) is 1. The second-order valence-electron chi connectivity index (χ2n) is 3.66. The largest absolute Gasteiger partial charge is 0.371 e. The van der Waals surface area contributed by atoms with Crippen LogP contribution in [0.3, 0.4) is 0 Å². The van der Waals surface area contributed by atoms with Crippen molar-refractivity contribution < 1.29 is 9.13 Å². The summed E-state index contributed by atoms with van der Waals surface area (Å²) in [6.07, 6.45) is -0.138. The number of benzene rings is 1. The first-order chi connectivity index (χ1) is 7.20. The number of rotatable bonds is 1. The van der Waals surface area contributed by atoms with Gasteiger partial charge in [0.05, 0.1) is 17.7 Å². The summed E-state index contributed by atoms with van der Waals surface area (Å²) in [5.74, 6) is -0.344. The van der Waals surface area contributed by atoms with E-state index >= 15 is 0 Å². The minimum Gasteiger partial charge on any atom is -0.371 e. The van der Waals surface area contributed by atoms with E-state index in [1.165, 1.54) is 0 Å². The van der Waals surface area contributed by atoms with Crippen molar-refractivity contribution in [3.05, 3.63) is 34.1 Å². The molecule has 1 aliphatic rings. The highest BCUT2D eigenvalue weighted by Gasteiger charge is 2.20. The van der Waals surface area contributed by atoms with Gasteiger partial charge in [-0.15, -0.1) is 0 Å². The van der Waals surface area contributed by atoms with Crippen LogP contribution >= 0.6 is 11.6 Å². The Hall–Kier alpha value is -0.640. The number of hydrogen-bond acceptors (Lipinski definition) is 2. The van der Waals surface area contributed by atoms with Crippen molar-refractivity contribution in [2.45, 2.75) is 13.0 Å². The van der Waals surface area contributed by atoms with Crippen LogP contribution in [0.2, 0.25) is 5.02 Å². The Bertz CT molecular complexity index is 364.